The van der Waals surface area contributed by atoms with E-state index in [2.05, 4.69) is 10.6 Å². The molecule has 3 N–H and O–H groups in total. The third-order valence-corrected chi connectivity index (χ3v) is 3.27. The number of nitrogens with one attached hydrogen (secondary N) is 2. The van der Waals surface area contributed by atoms with Gasteiger partial charge < -0.3 is 15.7 Å². The lowest BCUT2D eigenvalue weighted by atomic mass is 9.89. The van der Waals surface area contributed by atoms with Crippen molar-refractivity contribution in [3.05, 3.63) is 35.6 Å². The number of aliphatic hydroxyl groups excluding tert-OH is 1. The number of rotatable bonds is 6. The number of benzene rings is 1. The lowest BCUT2D eigenvalue weighted by Crippen LogP contribution is -2.43. The zero-order valence-electron chi connectivity index (χ0n) is 12.9. The van der Waals surface area contributed by atoms with Crippen LogP contribution in [-0.4, -0.2) is 30.3 Å². The van der Waals surface area contributed by atoms with Crippen LogP contribution in [0.5, 0.6) is 0 Å². The molecule has 0 aliphatic rings. The lowest BCUT2D eigenvalue weighted by molar-refractivity contribution is 0.0650. The van der Waals surface area contributed by atoms with Crippen molar-refractivity contribution in [1.29, 1.82) is 0 Å². The summed E-state index contributed by atoms with van der Waals surface area (Å²) in [6.45, 7) is 6.47. The second-order valence-corrected chi connectivity index (χ2v) is 6.25. The Morgan fingerprint density at radius 3 is 2.67 bits per heavy atom. The van der Waals surface area contributed by atoms with Gasteiger partial charge in [0, 0.05) is 13.1 Å². The third kappa shape index (κ3) is 7.09. The van der Waals surface area contributed by atoms with E-state index in [0.29, 0.717) is 13.0 Å². The van der Waals surface area contributed by atoms with E-state index in [-0.39, 0.29) is 23.8 Å². The molecule has 0 aliphatic heterocycles. The van der Waals surface area contributed by atoms with Crippen LogP contribution in [0.3, 0.4) is 0 Å². The highest BCUT2D eigenvalue weighted by Gasteiger charge is 2.22. The monoisotopic (exact) mass is 296 g/mol. The first-order valence-corrected chi connectivity index (χ1v) is 7.23. The molecule has 118 valence electrons. The van der Waals surface area contributed by atoms with Gasteiger partial charge in [-0.15, -0.1) is 0 Å². The molecule has 0 aromatic heterocycles. The number of carbonyl (C=O) groups excluding carboxylic acids is 1. The van der Waals surface area contributed by atoms with Gasteiger partial charge in [-0.1, -0.05) is 32.9 Å². The Hall–Kier alpha value is -1.62. The Morgan fingerprint density at radius 2 is 2.05 bits per heavy atom. The first-order valence-electron chi connectivity index (χ1n) is 7.23. The zero-order chi connectivity index (χ0) is 15.9. The van der Waals surface area contributed by atoms with E-state index >= 15 is 0 Å². The molecule has 4 nitrogen and oxygen atoms in total. The van der Waals surface area contributed by atoms with Gasteiger partial charge in [0.25, 0.3) is 0 Å². The smallest absolute Gasteiger partial charge is 0.314 e. The Bertz CT molecular complexity index is 458. The molecule has 0 radical (unpaired) electrons. The maximum atomic E-state index is 13.0. The minimum atomic E-state index is -0.587. The van der Waals surface area contributed by atoms with Crippen molar-refractivity contribution in [3.63, 3.8) is 0 Å². The first kappa shape index (κ1) is 17.4. The number of carbonyl (C=O) groups is 1. The van der Waals surface area contributed by atoms with E-state index in [1.807, 2.05) is 26.8 Å². The van der Waals surface area contributed by atoms with Crippen molar-refractivity contribution in [2.75, 3.05) is 13.1 Å². The van der Waals surface area contributed by atoms with Crippen molar-refractivity contribution >= 4 is 6.03 Å². The summed E-state index contributed by atoms with van der Waals surface area (Å²) in [6, 6.07) is 6.16. The van der Waals surface area contributed by atoms with Crippen LogP contribution < -0.4 is 10.6 Å². The molecule has 0 heterocycles. The van der Waals surface area contributed by atoms with Gasteiger partial charge in [0.15, 0.2) is 0 Å². The summed E-state index contributed by atoms with van der Waals surface area (Å²) in [5.41, 5.74) is 0.658. The van der Waals surface area contributed by atoms with Crippen LogP contribution >= 0.6 is 0 Å². The molecule has 0 aliphatic carbocycles. The fourth-order valence-corrected chi connectivity index (χ4v) is 1.74. The fraction of sp³-hybridized carbons (Fsp3) is 0.562. The molecule has 1 atom stereocenters. The van der Waals surface area contributed by atoms with Gasteiger partial charge in [-0.25, -0.2) is 9.18 Å². The molecule has 21 heavy (non-hydrogen) atoms. The Morgan fingerprint density at radius 1 is 1.33 bits per heavy atom. The van der Waals surface area contributed by atoms with Crippen LogP contribution in [0.15, 0.2) is 24.3 Å². The lowest BCUT2D eigenvalue weighted by Gasteiger charge is -2.25. The molecule has 1 rings (SSSR count). The highest BCUT2D eigenvalue weighted by Crippen LogP contribution is 2.17. The Kier molecular flexibility index (Phi) is 6.62. The van der Waals surface area contributed by atoms with Crippen LogP contribution in [0.4, 0.5) is 9.18 Å². The second kappa shape index (κ2) is 7.98. The summed E-state index contributed by atoms with van der Waals surface area (Å²) in [7, 11) is 0. The van der Waals surface area contributed by atoms with Gasteiger partial charge >= 0.3 is 6.03 Å². The molecule has 5 heteroatoms. The maximum Gasteiger partial charge on any atom is 0.314 e. The minimum Gasteiger partial charge on any atom is -0.391 e. The van der Waals surface area contributed by atoms with Gasteiger partial charge in [0.1, 0.15) is 5.82 Å². The summed E-state index contributed by atoms with van der Waals surface area (Å²) >= 11 is 0. The second-order valence-electron chi connectivity index (χ2n) is 6.25. The number of urea groups is 1. The summed E-state index contributed by atoms with van der Waals surface area (Å²) in [4.78, 5) is 11.5. The molecule has 0 fully saturated rings. The summed E-state index contributed by atoms with van der Waals surface area (Å²) in [5.74, 6) is -0.241. The third-order valence-electron chi connectivity index (χ3n) is 3.27. The van der Waals surface area contributed by atoms with Crippen molar-refractivity contribution in [3.8, 4) is 0 Å². The maximum absolute atomic E-state index is 13.0. The average molecular weight is 296 g/mol. The van der Waals surface area contributed by atoms with Gasteiger partial charge in [0.05, 0.1) is 6.10 Å². The predicted molar refractivity (Wildman–Crippen MR) is 81.6 cm³/mol. The fourth-order valence-electron chi connectivity index (χ4n) is 1.74. The number of amides is 2. The van der Waals surface area contributed by atoms with Crippen molar-refractivity contribution in [2.45, 2.75) is 39.7 Å². The molecule has 0 bridgehead atoms. The number of hydrogen-bond donors (Lipinski definition) is 3. The minimum absolute atomic E-state index is 0.221. The molecular formula is C16H25FN2O2. The normalized spacial score (nSPS) is 12.8. The largest absolute Gasteiger partial charge is 0.391 e. The SMILES string of the molecule is CC(C)(C)C(O)CNC(=O)NCCCc1cccc(F)c1. The van der Waals surface area contributed by atoms with Crippen LogP contribution in [0.25, 0.3) is 0 Å². The highest BCUT2D eigenvalue weighted by molar-refractivity contribution is 5.73. The van der Waals surface area contributed by atoms with Crippen LogP contribution in [0.1, 0.15) is 32.8 Å². The van der Waals surface area contributed by atoms with Gasteiger partial charge in [-0.3, -0.25) is 0 Å². The Labute approximate surface area is 125 Å². The number of halogens is 1. The molecule has 0 saturated heterocycles. The number of aliphatic hydroxyl groups is 1. The van der Waals surface area contributed by atoms with Gasteiger partial charge in [-0.05, 0) is 36.0 Å². The highest BCUT2D eigenvalue weighted by atomic mass is 19.1. The van der Waals surface area contributed by atoms with Crippen molar-refractivity contribution in [2.24, 2.45) is 5.41 Å². The molecule has 2 amide bonds. The summed E-state index contributed by atoms with van der Waals surface area (Å²) in [5, 5.41) is 15.2. The van der Waals surface area contributed by atoms with E-state index in [9.17, 15) is 14.3 Å². The van der Waals surface area contributed by atoms with Crippen molar-refractivity contribution < 1.29 is 14.3 Å². The van der Waals surface area contributed by atoms with Gasteiger partial charge in [0.2, 0.25) is 0 Å². The van der Waals surface area contributed by atoms with E-state index in [1.54, 1.807) is 6.07 Å². The topological polar surface area (TPSA) is 61.4 Å². The molecule has 0 saturated carbocycles. The van der Waals surface area contributed by atoms with E-state index in [1.165, 1.54) is 12.1 Å². The first-order chi connectivity index (χ1) is 9.79. The molecular weight excluding hydrogens is 271 g/mol. The number of aryl methyl sites for hydroxylation is 1. The molecule has 1 aromatic carbocycles. The standard InChI is InChI=1S/C16H25FN2O2/c1-16(2,3)14(20)11-19-15(21)18-9-5-7-12-6-4-8-13(17)10-12/h4,6,8,10,14,20H,5,7,9,11H2,1-3H3,(H2,18,19,21). The molecule has 0 spiro atoms. The summed E-state index contributed by atoms with van der Waals surface area (Å²) < 4.78 is 13.0. The van der Waals surface area contributed by atoms with E-state index in [4.69, 9.17) is 0 Å². The van der Waals surface area contributed by atoms with Crippen LogP contribution in [0.2, 0.25) is 0 Å². The number of hydrogen-bond acceptors (Lipinski definition) is 2. The van der Waals surface area contributed by atoms with Crippen molar-refractivity contribution in [1.82, 2.24) is 10.6 Å². The average Bonchev–Trinajstić information content (AvgIpc) is 2.40. The predicted octanol–water partition coefficient (Wildman–Crippen LogP) is 2.46. The Balaban J connectivity index is 2.16. The van der Waals surface area contributed by atoms with Crippen LogP contribution in [0, 0.1) is 11.2 Å². The quantitative estimate of drug-likeness (QED) is 0.706. The summed E-state index contributed by atoms with van der Waals surface area (Å²) in [6.07, 6.45) is 0.858. The van der Waals surface area contributed by atoms with E-state index < -0.39 is 6.10 Å². The molecule has 1 aromatic rings. The molecule has 1 unspecified atom stereocenters. The zero-order valence-corrected chi connectivity index (χ0v) is 12.9. The van der Waals surface area contributed by atoms with Gasteiger partial charge in [-0.2, -0.15) is 0 Å². The van der Waals surface area contributed by atoms with E-state index in [0.717, 1.165) is 12.0 Å². The van der Waals surface area contributed by atoms with Crippen LogP contribution in [-0.2, 0) is 6.42 Å².